The fourth-order valence-electron chi connectivity index (χ4n) is 5.75. The van der Waals surface area contributed by atoms with Gasteiger partial charge >= 0.3 is 0 Å². The van der Waals surface area contributed by atoms with E-state index in [0.717, 1.165) is 44.5 Å². The quantitative estimate of drug-likeness (QED) is 0.250. The maximum atomic E-state index is 9.88. The Morgan fingerprint density at radius 1 is 0.737 bits per heavy atom. The molecule has 0 atom stereocenters. The number of hydrogen-bond acceptors (Lipinski definition) is 2. The largest absolute Gasteiger partial charge is 0.456 e. The molecule has 1 aliphatic rings. The van der Waals surface area contributed by atoms with Gasteiger partial charge in [-0.3, -0.25) is 0 Å². The van der Waals surface area contributed by atoms with E-state index in [1.807, 2.05) is 38.1 Å². The lowest BCUT2D eigenvalue weighted by Gasteiger charge is -2.47. The van der Waals surface area contributed by atoms with E-state index in [2.05, 4.69) is 79.1 Å². The summed E-state index contributed by atoms with van der Waals surface area (Å²) in [6.45, 7) is 8.20. The highest BCUT2D eigenvalue weighted by Gasteiger charge is 2.43. The van der Waals surface area contributed by atoms with Crippen molar-refractivity contribution in [3.63, 3.8) is 0 Å². The monoisotopic (exact) mass is 499 g/mol. The van der Waals surface area contributed by atoms with E-state index < -0.39 is 5.60 Å². The molecule has 0 aliphatic heterocycles. The van der Waals surface area contributed by atoms with Crippen molar-refractivity contribution >= 4 is 57.1 Å². The van der Waals surface area contributed by atoms with Gasteiger partial charge in [0.2, 0.25) is 0 Å². The highest BCUT2D eigenvalue weighted by molar-refractivity contribution is 6.34. The highest BCUT2D eigenvalue weighted by Crippen LogP contribution is 2.47. The zero-order valence-corrected chi connectivity index (χ0v) is 22.7. The van der Waals surface area contributed by atoms with Gasteiger partial charge in [0.1, 0.15) is 19.0 Å². The van der Waals surface area contributed by atoms with Crippen molar-refractivity contribution in [1.29, 1.82) is 0 Å². The van der Waals surface area contributed by atoms with Crippen LogP contribution in [0, 0.1) is 11.3 Å². The van der Waals surface area contributed by atoms with E-state index in [1.54, 1.807) is 0 Å². The van der Waals surface area contributed by atoms with Crippen molar-refractivity contribution < 1.29 is 9.52 Å². The predicted octanol–water partition coefficient (Wildman–Crippen LogP) is 8.06. The first-order valence-electron chi connectivity index (χ1n) is 13.6. The number of para-hydroxylation sites is 2. The van der Waals surface area contributed by atoms with Crippen LogP contribution in [0.5, 0.6) is 0 Å². The molecule has 0 spiro atoms. The smallest absolute Gasteiger partial charge is 0.135 e. The molecule has 2 aromatic heterocycles. The molecule has 1 fully saturated rings. The Bertz CT molecular complexity index is 1780. The number of aliphatic hydroxyl groups is 1. The van der Waals surface area contributed by atoms with Gasteiger partial charge in [0.25, 0.3) is 0 Å². The number of rotatable bonds is 3. The summed E-state index contributed by atoms with van der Waals surface area (Å²) < 4.78 is 8.29. The molecule has 7 rings (SSSR count). The Hall–Kier alpha value is -3.50. The van der Waals surface area contributed by atoms with Gasteiger partial charge < -0.3 is 14.1 Å². The van der Waals surface area contributed by atoms with Crippen molar-refractivity contribution in [2.75, 3.05) is 0 Å². The van der Waals surface area contributed by atoms with Crippen molar-refractivity contribution in [3.8, 4) is 5.69 Å². The average molecular weight is 499 g/mol. The molecule has 38 heavy (non-hydrogen) atoms. The van der Waals surface area contributed by atoms with E-state index in [4.69, 9.17) is 12.3 Å². The molecule has 190 valence electrons. The summed E-state index contributed by atoms with van der Waals surface area (Å²) in [5.41, 5.74) is 5.60. The van der Waals surface area contributed by atoms with E-state index in [1.165, 1.54) is 35.6 Å². The van der Waals surface area contributed by atoms with Gasteiger partial charge in [0.05, 0.1) is 16.6 Å². The summed E-state index contributed by atoms with van der Waals surface area (Å²) in [6.07, 6.45) is 3.96. The predicted molar refractivity (Wildman–Crippen MR) is 161 cm³/mol. The van der Waals surface area contributed by atoms with Crippen LogP contribution < -0.4 is 5.46 Å². The Balaban J connectivity index is 0.000000204. The van der Waals surface area contributed by atoms with Gasteiger partial charge in [-0.05, 0) is 74.4 Å². The number of nitrogens with zero attached hydrogens (tertiary/aromatic N) is 1. The molecule has 3 nitrogen and oxygen atoms in total. The summed E-state index contributed by atoms with van der Waals surface area (Å²) in [5, 5.41) is 14.5. The zero-order valence-electron chi connectivity index (χ0n) is 22.7. The van der Waals surface area contributed by atoms with Crippen LogP contribution in [0.4, 0.5) is 0 Å². The Kier molecular flexibility index (Phi) is 5.92. The summed E-state index contributed by atoms with van der Waals surface area (Å²) in [5.74, 6) is 0.738. The summed E-state index contributed by atoms with van der Waals surface area (Å²) in [7, 11) is 6.06. The van der Waals surface area contributed by atoms with E-state index in [0.29, 0.717) is 0 Å². The van der Waals surface area contributed by atoms with Gasteiger partial charge in [0.15, 0.2) is 0 Å². The van der Waals surface area contributed by atoms with E-state index in [-0.39, 0.29) is 5.41 Å². The van der Waals surface area contributed by atoms with Crippen LogP contribution in [0.15, 0.2) is 89.3 Å². The lowest BCUT2D eigenvalue weighted by molar-refractivity contribution is -0.0880. The molecule has 2 heterocycles. The van der Waals surface area contributed by atoms with Crippen LogP contribution in [-0.4, -0.2) is 23.1 Å². The number of furan rings is 1. The Morgan fingerprint density at radius 2 is 1.39 bits per heavy atom. The zero-order chi connectivity index (χ0) is 26.7. The van der Waals surface area contributed by atoms with Crippen molar-refractivity contribution in [2.45, 2.75) is 52.6 Å². The number of hydrogen-bond donors (Lipinski definition) is 1. The molecule has 1 N–H and O–H groups in total. The number of fused-ring (bicyclic) bond motifs is 6. The van der Waals surface area contributed by atoms with Crippen molar-refractivity contribution in [3.05, 3.63) is 84.9 Å². The van der Waals surface area contributed by atoms with Crippen molar-refractivity contribution in [1.82, 2.24) is 4.57 Å². The van der Waals surface area contributed by atoms with Crippen LogP contribution in [-0.2, 0) is 0 Å². The van der Waals surface area contributed by atoms with Crippen molar-refractivity contribution in [2.24, 2.45) is 11.3 Å². The van der Waals surface area contributed by atoms with Crippen LogP contribution in [0.3, 0.4) is 0 Å². The summed E-state index contributed by atoms with van der Waals surface area (Å²) in [4.78, 5) is 0. The summed E-state index contributed by atoms with van der Waals surface area (Å²) >= 11 is 0. The second-order valence-corrected chi connectivity index (χ2v) is 11.8. The molecule has 0 amide bonds. The number of aromatic nitrogens is 1. The molecule has 0 bridgehead atoms. The first-order valence-corrected chi connectivity index (χ1v) is 13.6. The van der Waals surface area contributed by atoms with Gasteiger partial charge in [0, 0.05) is 27.2 Å². The normalized spacial score (nSPS) is 14.7. The fraction of sp³-hybridized carbons (Fsp3) is 0.294. The maximum Gasteiger partial charge on any atom is 0.135 e. The third-order valence-corrected chi connectivity index (χ3v) is 9.02. The Morgan fingerprint density at radius 3 is 2.08 bits per heavy atom. The maximum absolute atomic E-state index is 9.88. The molecule has 1 saturated carbocycles. The molecule has 0 unspecified atom stereocenters. The SMILES string of the molecule is CC(C)(O)C(C)(C)C1CCC1.[B]c1ccc2c(c1)c1ccccc1n2-c1ccc2oc3ccccc3c2c1. The van der Waals surface area contributed by atoms with E-state index >= 15 is 0 Å². The number of benzene rings is 4. The van der Waals surface area contributed by atoms with Gasteiger partial charge in [-0.25, -0.2) is 0 Å². The second kappa shape index (κ2) is 9.06. The lowest BCUT2D eigenvalue weighted by atomic mass is 9.60. The molecule has 0 saturated heterocycles. The fourth-order valence-corrected chi connectivity index (χ4v) is 5.75. The molecular formula is C34H34BNO2. The minimum absolute atomic E-state index is 0.0885. The lowest BCUT2D eigenvalue weighted by Crippen LogP contribution is -2.46. The average Bonchev–Trinajstić information content (AvgIpc) is 3.37. The molecule has 1 aliphatic carbocycles. The highest BCUT2D eigenvalue weighted by atomic mass is 16.3. The topological polar surface area (TPSA) is 38.3 Å². The minimum Gasteiger partial charge on any atom is -0.456 e. The first kappa shape index (κ1) is 24.8. The van der Waals surface area contributed by atoms with Gasteiger partial charge in [-0.15, -0.1) is 0 Å². The molecule has 4 heteroatoms. The molecular weight excluding hydrogens is 465 g/mol. The Labute approximate surface area is 225 Å². The van der Waals surface area contributed by atoms with Gasteiger partial charge in [-0.2, -0.15) is 0 Å². The first-order chi connectivity index (χ1) is 18.1. The van der Waals surface area contributed by atoms with Crippen LogP contribution in [0.1, 0.15) is 47.0 Å². The standard InChI is InChI=1S/C24H14BNO.C10H20O/c25-15-9-11-22-19(13-15)17-5-1-3-7-21(17)26(22)16-10-12-24-20(14-16)18-6-2-4-8-23(18)27-24;1-9(2,10(3,4)11)8-6-5-7-8/h1-14H;8,11H,5-7H2,1-4H3. The van der Waals surface area contributed by atoms with E-state index in [9.17, 15) is 5.11 Å². The second-order valence-electron chi connectivity index (χ2n) is 11.8. The van der Waals surface area contributed by atoms with Crippen LogP contribution in [0.25, 0.3) is 49.4 Å². The molecule has 4 aromatic carbocycles. The third kappa shape index (κ3) is 4.03. The third-order valence-electron chi connectivity index (χ3n) is 9.02. The van der Waals surface area contributed by atoms with Crippen LogP contribution >= 0.6 is 0 Å². The van der Waals surface area contributed by atoms with Crippen LogP contribution in [0.2, 0.25) is 0 Å². The molecule has 6 aromatic rings. The minimum atomic E-state index is -0.530. The van der Waals surface area contributed by atoms with Gasteiger partial charge in [-0.1, -0.05) is 74.3 Å². The molecule has 2 radical (unpaired) electrons. The summed E-state index contributed by atoms with van der Waals surface area (Å²) in [6, 6.07) is 29.1.